The van der Waals surface area contributed by atoms with Gasteiger partial charge >= 0.3 is 0 Å². The first-order valence-electron chi connectivity index (χ1n) is 9.97. The van der Waals surface area contributed by atoms with Crippen LogP contribution in [-0.4, -0.2) is 0 Å². The third-order valence-electron chi connectivity index (χ3n) is 7.34. The van der Waals surface area contributed by atoms with E-state index in [1.165, 1.54) is 49.5 Å². The Morgan fingerprint density at radius 1 is 0.750 bits per heavy atom. The fourth-order valence-corrected chi connectivity index (χ4v) is 6.86. The van der Waals surface area contributed by atoms with Crippen LogP contribution in [0.15, 0.2) is 36.4 Å². The van der Waals surface area contributed by atoms with Crippen LogP contribution in [-0.2, 0) is 10.8 Å². The van der Waals surface area contributed by atoms with Gasteiger partial charge in [-0.25, -0.2) is 0 Å². The monoisotopic (exact) mass is 318 g/mol. The first-order chi connectivity index (χ1) is 11.4. The van der Waals surface area contributed by atoms with Crippen LogP contribution in [0.3, 0.4) is 0 Å². The van der Waals surface area contributed by atoms with Crippen molar-refractivity contribution in [2.75, 3.05) is 0 Å². The molecule has 126 valence electrons. The van der Waals surface area contributed by atoms with E-state index in [1.54, 1.807) is 10.9 Å². The number of rotatable bonds is 1. The van der Waals surface area contributed by atoms with Gasteiger partial charge in [-0.3, -0.25) is 0 Å². The van der Waals surface area contributed by atoms with E-state index in [-0.39, 0.29) is 5.41 Å². The maximum Gasteiger partial charge on any atom is -0.00329 e. The van der Waals surface area contributed by atoms with Gasteiger partial charge in [0.15, 0.2) is 0 Å². The van der Waals surface area contributed by atoms with Crippen LogP contribution in [0.25, 0.3) is 10.8 Å². The number of benzene rings is 2. The van der Waals surface area contributed by atoms with Crippen molar-refractivity contribution in [2.45, 2.75) is 70.1 Å². The predicted molar refractivity (Wildman–Crippen MR) is 102 cm³/mol. The van der Waals surface area contributed by atoms with E-state index in [2.05, 4.69) is 57.2 Å². The Bertz CT molecular complexity index is 754. The van der Waals surface area contributed by atoms with Gasteiger partial charge < -0.3 is 0 Å². The Hall–Kier alpha value is -1.30. The molecule has 0 aliphatic heterocycles. The summed E-state index contributed by atoms with van der Waals surface area (Å²) in [6, 6.07) is 14.2. The van der Waals surface area contributed by atoms with Gasteiger partial charge in [0.05, 0.1) is 0 Å². The second kappa shape index (κ2) is 4.87. The molecule has 0 aromatic heterocycles. The second-order valence-corrected chi connectivity index (χ2v) is 10.2. The lowest BCUT2D eigenvalue weighted by Gasteiger charge is -2.57. The molecule has 4 saturated carbocycles. The summed E-state index contributed by atoms with van der Waals surface area (Å²) in [4.78, 5) is 0. The highest BCUT2D eigenvalue weighted by atomic mass is 14.6. The molecular formula is C24H30. The predicted octanol–water partition coefficient (Wildman–Crippen LogP) is 6.61. The van der Waals surface area contributed by atoms with Crippen molar-refractivity contribution in [2.24, 2.45) is 17.8 Å². The summed E-state index contributed by atoms with van der Waals surface area (Å²) >= 11 is 0. The van der Waals surface area contributed by atoms with Crippen LogP contribution < -0.4 is 0 Å². The molecule has 4 fully saturated rings. The Labute approximate surface area is 146 Å². The van der Waals surface area contributed by atoms with Crippen molar-refractivity contribution in [3.05, 3.63) is 47.5 Å². The molecule has 0 amide bonds. The van der Waals surface area contributed by atoms with Crippen LogP contribution in [0.5, 0.6) is 0 Å². The number of fused-ring (bicyclic) bond motifs is 1. The highest BCUT2D eigenvalue weighted by molar-refractivity contribution is 5.90. The normalized spacial score (nSPS) is 34.9. The summed E-state index contributed by atoms with van der Waals surface area (Å²) in [5.41, 5.74) is 3.89. The minimum absolute atomic E-state index is 0.208. The molecule has 0 unspecified atom stereocenters. The van der Waals surface area contributed by atoms with Crippen LogP contribution in [0, 0.1) is 17.8 Å². The van der Waals surface area contributed by atoms with Gasteiger partial charge in [0.1, 0.15) is 0 Å². The molecule has 0 spiro atoms. The third-order valence-corrected chi connectivity index (χ3v) is 7.34. The smallest absolute Gasteiger partial charge is 0.00329 e. The molecular weight excluding hydrogens is 288 g/mol. The Morgan fingerprint density at radius 3 is 1.83 bits per heavy atom. The molecule has 4 aliphatic carbocycles. The highest BCUT2D eigenvalue weighted by Gasteiger charge is 2.52. The third kappa shape index (κ3) is 2.11. The molecule has 0 saturated heterocycles. The molecule has 0 nitrogen and oxygen atoms in total. The van der Waals surface area contributed by atoms with Gasteiger partial charge in [-0.05, 0) is 89.0 Å². The first kappa shape index (κ1) is 15.0. The quantitative estimate of drug-likeness (QED) is 0.555. The molecule has 2 aromatic carbocycles. The molecule has 4 aliphatic rings. The summed E-state index contributed by atoms with van der Waals surface area (Å²) in [6.07, 6.45) is 8.94. The zero-order valence-electron chi connectivity index (χ0n) is 15.4. The van der Waals surface area contributed by atoms with Crippen LogP contribution in [0.1, 0.15) is 70.4 Å². The minimum Gasteiger partial charge on any atom is -0.0616 e. The number of hydrogen-bond donors (Lipinski definition) is 0. The van der Waals surface area contributed by atoms with E-state index in [4.69, 9.17) is 0 Å². The highest BCUT2D eigenvalue weighted by Crippen LogP contribution is 2.61. The van der Waals surface area contributed by atoms with E-state index in [1.807, 2.05) is 0 Å². The zero-order valence-corrected chi connectivity index (χ0v) is 15.4. The molecule has 0 heteroatoms. The Balaban J connectivity index is 1.71. The topological polar surface area (TPSA) is 0 Å². The molecule has 2 aromatic rings. The maximum atomic E-state index is 2.52. The van der Waals surface area contributed by atoms with Gasteiger partial charge in [-0.15, -0.1) is 0 Å². The summed E-state index contributed by atoms with van der Waals surface area (Å²) in [7, 11) is 0. The molecule has 6 rings (SSSR count). The van der Waals surface area contributed by atoms with Crippen molar-refractivity contribution in [1.82, 2.24) is 0 Å². The summed E-state index contributed by atoms with van der Waals surface area (Å²) < 4.78 is 0. The van der Waals surface area contributed by atoms with Crippen molar-refractivity contribution in [1.29, 1.82) is 0 Å². The van der Waals surface area contributed by atoms with Crippen molar-refractivity contribution in [3.8, 4) is 0 Å². The van der Waals surface area contributed by atoms with Gasteiger partial charge in [0, 0.05) is 0 Å². The van der Waals surface area contributed by atoms with E-state index in [9.17, 15) is 0 Å². The molecule has 24 heavy (non-hydrogen) atoms. The minimum atomic E-state index is 0.208. The Kier molecular flexibility index (Phi) is 3.04. The standard InChI is InChI=1S/C24H30/c1-23(2,3)21-8-9-22(20-7-5-4-6-19(20)21)24-13-16-10-17(14-24)12-18(11-16)15-24/h4-9,16-18H,10-15H2,1-3H3. The van der Waals surface area contributed by atoms with Crippen molar-refractivity contribution in [3.63, 3.8) is 0 Å². The van der Waals surface area contributed by atoms with Gasteiger partial charge in [0.25, 0.3) is 0 Å². The second-order valence-electron chi connectivity index (χ2n) is 10.2. The molecule has 0 radical (unpaired) electrons. The van der Waals surface area contributed by atoms with E-state index in [0.717, 1.165) is 17.8 Å². The van der Waals surface area contributed by atoms with E-state index < -0.39 is 0 Å². The molecule has 0 atom stereocenters. The lowest BCUT2D eigenvalue weighted by molar-refractivity contribution is -0.00450. The molecule has 0 heterocycles. The SMILES string of the molecule is CC(C)(C)c1ccc(C23CC4CC(CC(C4)C2)C3)c2ccccc12. The summed E-state index contributed by atoms with van der Waals surface area (Å²) in [5.74, 6) is 3.03. The van der Waals surface area contributed by atoms with E-state index in [0.29, 0.717) is 5.41 Å². The average Bonchev–Trinajstić information content (AvgIpc) is 2.51. The van der Waals surface area contributed by atoms with Crippen LogP contribution >= 0.6 is 0 Å². The van der Waals surface area contributed by atoms with Gasteiger partial charge in [-0.2, -0.15) is 0 Å². The van der Waals surface area contributed by atoms with E-state index >= 15 is 0 Å². The zero-order chi connectivity index (χ0) is 16.5. The number of hydrogen-bond acceptors (Lipinski definition) is 0. The average molecular weight is 319 g/mol. The first-order valence-corrected chi connectivity index (χ1v) is 9.97. The largest absolute Gasteiger partial charge is 0.0616 e. The fourth-order valence-electron chi connectivity index (χ4n) is 6.86. The lowest BCUT2D eigenvalue weighted by Crippen LogP contribution is -2.48. The maximum absolute atomic E-state index is 2.52. The van der Waals surface area contributed by atoms with Crippen molar-refractivity contribution >= 4 is 10.8 Å². The van der Waals surface area contributed by atoms with Crippen molar-refractivity contribution < 1.29 is 0 Å². The Morgan fingerprint density at radius 2 is 1.29 bits per heavy atom. The lowest BCUT2D eigenvalue weighted by atomic mass is 9.47. The van der Waals surface area contributed by atoms with Crippen LogP contribution in [0.2, 0.25) is 0 Å². The molecule has 0 N–H and O–H groups in total. The van der Waals surface area contributed by atoms with Crippen LogP contribution in [0.4, 0.5) is 0 Å². The fraction of sp³-hybridized carbons (Fsp3) is 0.583. The summed E-state index contributed by atoms with van der Waals surface area (Å²) in [5, 5.41) is 3.05. The molecule has 4 bridgehead atoms. The van der Waals surface area contributed by atoms with Gasteiger partial charge in [0.2, 0.25) is 0 Å². The van der Waals surface area contributed by atoms with Gasteiger partial charge in [-0.1, -0.05) is 57.2 Å². The summed E-state index contributed by atoms with van der Waals surface area (Å²) in [6.45, 7) is 7.04.